The van der Waals surface area contributed by atoms with Crippen LogP contribution in [0.3, 0.4) is 0 Å². The van der Waals surface area contributed by atoms with Gasteiger partial charge in [-0.2, -0.15) is 5.10 Å². The van der Waals surface area contributed by atoms with Crippen molar-refractivity contribution in [2.75, 3.05) is 5.32 Å². The Balaban J connectivity index is 1.40. The topological polar surface area (TPSA) is 62.7 Å². The molecule has 6 heteroatoms. The van der Waals surface area contributed by atoms with Crippen LogP contribution < -0.4 is 5.32 Å². The number of carbonyl (C=O) groups excluding carboxylic acids is 1. The van der Waals surface area contributed by atoms with E-state index in [0.717, 1.165) is 22.0 Å². The number of halogens is 1. The molecule has 0 radical (unpaired) electrons. The van der Waals surface area contributed by atoms with Gasteiger partial charge in [0, 0.05) is 23.3 Å². The molecule has 4 aromatic rings. The Morgan fingerprint density at radius 3 is 2.81 bits per heavy atom. The third-order valence-corrected chi connectivity index (χ3v) is 4.20. The van der Waals surface area contributed by atoms with Gasteiger partial charge >= 0.3 is 0 Å². The minimum absolute atomic E-state index is 0.101. The Hall–Kier alpha value is -3.41. The van der Waals surface area contributed by atoms with Gasteiger partial charge in [-0.05, 0) is 29.3 Å². The molecular formula is C20H17FN4O. The number of carbonyl (C=O) groups is 1. The number of hydrogen-bond acceptors (Lipinski definition) is 2. The van der Waals surface area contributed by atoms with Crippen molar-refractivity contribution in [2.24, 2.45) is 0 Å². The molecule has 1 amide bonds. The molecule has 0 bridgehead atoms. The zero-order valence-corrected chi connectivity index (χ0v) is 13.9. The van der Waals surface area contributed by atoms with Gasteiger partial charge in [0.2, 0.25) is 5.91 Å². The maximum Gasteiger partial charge on any atom is 0.228 e. The number of H-pyrrole nitrogens is 1. The standard InChI is InChI=1S/C20H17FN4O/c21-16-7-5-14(6-8-16)12-25-13-17(11-23-25)24-20(26)9-15-10-22-19-4-2-1-3-18(15)19/h1-8,10-11,13,22H,9,12H2,(H,24,26). The Morgan fingerprint density at radius 2 is 1.96 bits per heavy atom. The summed E-state index contributed by atoms with van der Waals surface area (Å²) in [6, 6.07) is 14.2. The van der Waals surface area contributed by atoms with Gasteiger partial charge in [-0.1, -0.05) is 30.3 Å². The highest BCUT2D eigenvalue weighted by molar-refractivity contribution is 5.95. The summed E-state index contributed by atoms with van der Waals surface area (Å²) in [7, 11) is 0. The fraction of sp³-hybridized carbons (Fsp3) is 0.100. The van der Waals surface area contributed by atoms with Crippen LogP contribution in [0.1, 0.15) is 11.1 Å². The van der Waals surface area contributed by atoms with Gasteiger partial charge in [0.25, 0.3) is 0 Å². The second kappa shape index (κ2) is 6.84. The number of aromatic amines is 1. The number of aromatic nitrogens is 3. The van der Waals surface area contributed by atoms with Crippen molar-refractivity contribution in [1.82, 2.24) is 14.8 Å². The average molecular weight is 348 g/mol. The van der Waals surface area contributed by atoms with Crippen molar-refractivity contribution in [1.29, 1.82) is 0 Å². The van der Waals surface area contributed by atoms with E-state index in [1.165, 1.54) is 12.1 Å². The summed E-state index contributed by atoms with van der Waals surface area (Å²) in [6.07, 6.45) is 5.52. The normalized spacial score (nSPS) is 11.0. The Kier molecular flexibility index (Phi) is 4.23. The molecule has 2 N–H and O–H groups in total. The van der Waals surface area contributed by atoms with E-state index in [1.54, 1.807) is 29.2 Å². The molecule has 0 atom stereocenters. The Bertz CT molecular complexity index is 1050. The van der Waals surface area contributed by atoms with Crippen LogP contribution in [0.2, 0.25) is 0 Å². The van der Waals surface area contributed by atoms with Gasteiger partial charge in [0.1, 0.15) is 5.82 Å². The lowest BCUT2D eigenvalue weighted by atomic mass is 10.1. The summed E-state index contributed by atoms with van der Waals surface area (Å²) in [6.45, 7) is 0.512. The number of benzene rings is 2. The molecule has 2 aromatic carbocycles. The number of amides is 1. The van der Waals surface area contributed by atoms with Gasteiger partial charge in [-0.3, -0.25) is 9.48 Å². The summed E-state index contributed by atoms with van der Waals surface area (Å²) in [5.41, 5.74) is 3.54. The molecule has 0 saturated carbocycles. The molecule has 0 unspecified atom stereocenters. The van der Waals surface area contributed by atoms with Crippen LogP contribution in [0.5, 0.6) is 0 Å². The smallest absolute Gasteiger partial charge is 0.228 e. The van der Waals surface area contributed by atoms with E-state index >= 15 is 0 Å². The third kappa shape index (κ3) is 3.49. The first-order valence-electron chi connectivity index (χ1n) is 8.29. The molecule has 0 aliphatic carbocycles. The summed E-state index contributed by atoms with van der Waals surface area (Å²) < 4.78 is 14.7. The van der Waals surface area contributed by atoms with Gasteiger partial charge in [0.05, 0.1) is 24.8 Å². The first-order valence-corrected chi connectivity index (χ1v) is 8.29. The molecular weight excluding hydrogens is 331 g/mol. The molecule has 0 spiro atoms. The second-order valence-corrected chi connectivity index (χ2v) is 6.14. The monoisotopic (exact) mass is 348 g/mol. The maximum absolute atomic E-state index is 13.0. The molecule has 5 nitrogen and oxygen atoms in total. The van der Waals surface area contributed by atoms with Crippen molar-refractivity contribution in [2.45, 2.75) is 13.0 Å². The van der Waals surface area contributed by atoms with E-state index in [-0.39, 0.29) is 18.1 Å². The SMILES string of the molecule is O=C(Cc1c[nH]c2ccccc12)Nc1cnn(Cc2ccc(F)cc2)c1. The van der Waals surface area contributed by atoms with Gasteiger partial charge in [0.15, 0.2) is 0 Å². The molecule has 0 saturated heterocycles. The number of para-hydroxylation sites is 1. The second-order valence-electron chi connectivity index (χ2n) is 6.14. The zero-order chi connectivity index (χ0) is 17.9. The lowest BCUT2D eigenvalue weighted by molar-refractivity contribution is -0.115. The molecule has 130 valence electrons. The first-order chi connectivity index (χ1) is 12.7. The van der Waals surface area contributed by atoms with E-state index in [4.69, 9.17) is 0 Å². The first kappa shape index (κ1) is 16.1. The highest BCUT2D eigenvalue weighted by Crippen LogP contribution is 2.18. The van der Waals surface area contributed by atoms with Crippen molar-refractivity contribution in [3.8, 4) is 0 Å². The molecule has 0 aliphatic rings. The van der Waals surface area contributed by atoms with Crippen molar-refractivity contribution in [3.63, 3.8) is 0 Å². The number of rotatable bonds is 5. The molecule has 0 fully saturated rings. The average Bonchev–Trinajstić information content (AvgIpc) is 3.24. The maximum atomic E-state index is 13.0. The minimum atomic E-state index is -0.264. The third-order valence-electron chi connectivity index (χ3n) is 4.20. The number of nitrogens with zero attached hydrogens (tertiary/aromatic N) is 2. The van der Waals surface area contributed by atoms with Crippen LogP contribution in [0.4, 0.5) is 10.1 Å². The summed E-state index contributed by atoms with van der Waals surface area (Å²) >= 11 is 0. The quantitative estimate of drug-likeness (QED) is 0.577. The number of hydrogen-bond donors (Lipinski definition) is 2. The van der Waals surface area contributed by atoms with E-state index in [0.29, 0.717) is 12.2 Å². The van der Waals surface area contributed by atoms with E-state index in [2.05, 4.69) is 15.4 Å². The van der Waals surface area contributed by atoms with Crippen LogP contribution in [0.25, 0.3) is 10.9 Å². The van der Waals surface area contributed by atoms with E-state index in [1.807, 2.05) is 30.5 Å². The zero-order valence-electron chi connectivity index (χ0n) is 13.9. The van der Waals surface area contributed by atoms with Gasteiger partial charge < -0.3 is 10.3 Å². The minimum Gasteiger partial charge on any atom is -0.361 e. The molecule has 26 heavy (non-hydrogen) atoms. The van der Waals surface area contributed by atoms with E-state index < -0.39 is 0 Å². The van der Waals surface area contributed by atoms with Crippen LogP contribution in [-0.2, 0) is 17.8 Å². The Labute approximate surface area is 149 Å². The number of nitrogens with one attached hydrogen (secondary N) is 2. The number of fused-ring (bicyclic) bond motifs is 1. The molecule has 2 heterocycles. The van der Waals surface area contributed by atoms with Crippen molar-refractivity contribution in [3.05, 3.63) is 84.1 Å². The largest absolute Gasteiger partial charge is 0.361 e. The predicted octanol–water partition coefficient (Wildman–Crippen LogP) is 3.73. The lowest BCUT2D eigenvalue weighted by Gasteiger charge is -2.03. The van der Waals surface area contributed by atoms with Crippen LogP contribution in [0, 0.1) is 5.82 Å². The number of anilines is 1. The fourth-order valence-electron chi connectivity index (χ4n) is 2.95. The van der Waals surface area contributed by atoms with Crippen LogP contribution in [0.15, 0.2) is 67.1 Å². The van der Waals surface area contributed by atoms with E-state index in [9.17, 15) is 9.18 Å². The van der Waals surface area contributed by atoms with Gasteiger partial charge in [-0.15, -0.1) is 0 Å². The fourth-order valence-corrected chi connectivity index (χ4v) is 2.95. The van der Waals surface area contributed by atoms with Crippen LogP contribution in [-0.4, -0.2) is 20.7 Å². The summed E-state index contributed by atoms with van der Waals surface area (Å²) in [5.74, 6) is -0.365. The van der Waals surface area contributed by atoms with Crippen molar-refractivity contribution >= 4 is 22.5 Å². The predicted molar refractivity (Wildman–Crippen MR) is 98.4 cm³/mol. The summed E-state index contributed by atoms with van der Waals surface area (Å²) in [4.78, 5) is 15.5. The molecule has 0 aliphatic heterocycles. The summed E-state index contributed by atoms with van der Waals surface area (Å²) in [5, 5.41) is 8.15. The van der Waals surface area contributed by atoms with Crippen molar-refractivity contribution < 1.29 is 9.18 Å². The highest BCUT2D eigenvalue weighted by atomic mass is 19.1. The Morgan fingerprint density at radius 1 is 1.15 bits per heavy atom. The van der Waals surface area contributed by atoms with Crippen LogP contribution >= 0.6 is 0 Å². The highest BCUT2D eigenvalue weighted by Gasteiger charge is 2.10. The molecule has 2 aromatic heterocycles. The lowest BCUT2D eigenvalue weighted by Crippen LogP contribution is -2.13. The van der Waals surface area contributed by atoms with Gasteiger partial charge in [-0.25, -0.2) is 4.39 Å². The molecule has 4 rings (SSSR count).